The summed E-state index contributed by atoms with van der Waals surface area (Å²) in [5.41, 5.74) is 8.63. The number of hydrogen-bond donors (Lipinski definition) is 1. The van der Waals surface area contributed by atoms with Crippen LogP contribution in [0.4, 0.5) is 0 Å². The number of fused-ring (bicyclic) bond motifs is 1. The molecule has 3 nitrogen and oxygen atoms in total. The Morgan fingerprint density at radius 2 is 2.24 bits per heavy atom. The molecule has 5 heteroatoms. The van der Waals surface area contributed by atoms with Crippen LogP contribution in [0.3, 0.4) is 0 Å². The predicted octanol–water partition coefficient (Wildman–Crippen LogP) is 3.17. The molecule has 0 aromatic carbocycles. The van der Waals surface area contributed by atoms with Crippen molar-refractivity contribution >= 4 is 28.6 Å². The summed E-state index contributed by atoms with van der Waals surface area (Å²) in [6.07, 6.45) is 1.85. The summed E-state index contributed by atoms with van der Waals surface area (Å²) in [4.78, 5) is 5.73. The molecule has 0 bridgehead atoms. The maximum absolute atomic E-state index is 5.99. The van der Waals surface area contributed by atoms with E-state index in [1.54, 1.807) is 11.3 Å². The van der Waals surface area contributed by atoms with Crippen molar-refractivity contribution in [1.29, 1.82) is 0 Å². The SMILES string of the molecule is NCc1c(-c2cccs2)nc2ccc(Cl)cn12. The molecule has 0 aliphatic heterocycles. The second kappa shape index (κ2) is 4.14. The molecule has 0 saturated carbocycles. The van der Waals surface area contributed by atoms with Gasteiger partial charge in [-0.15, -0.1) is 11.3 Å². The molecule has 0 saturated heterocycles. The first-order valence-corrected chi connectivity index (χ1v) is 6.46. The number of thiophene rings is 1. The van der Waals surface area contributed by atoms with Gasteiger partial charge in [-0.05, 0) is 23.6 Å². The molecule has 0 atom stereocenters. The third kappa shape index (κ3) is 1.74. The second-order valence-corrected chi connectivity index (χ2v) is 5.05. The van der Waals surface area contributed by atoms with E-state index in [-0.39, 0.29) is 0 Å². The predicted molar refractivity (Wildman–Crippen MR) is 71.4 cm³/mol. The molecule has 0 aliphatic carbocycles. The minimum absolute atomic E-state index is 0.439. The van der Waals surface area contributed by atoms with Gasteiger partial charge < -0.3 is 10.1 Å². The Morgan fingerprint density at radius 1 is 1.35 bits per heavy atom. The highest BCUT2D eigenvalue weighted by Gasteiger charge is 2.13. The smallest absolute Gasteiger partial charge is 0.137 e. The first-order chi connectivity index (χ1) is 8.29. The average Bonchev–Trinajstić information content (AvgIpc) is 2.94. The van der Waals surface area contributed by atoms with Crippen LogP contribution in [0.25, 0.3) is 16.2 Å². The molecular weight excluding hydrogens is 254 g/mol. The van der Waals surface area contributed by atoms with Crippen LogP contribution >= 0.6 is 22.9 Å². The number of hydrogen-bond acceptors (Lipinski definition) is 3. The van der Waals surface area contributed by atoms with E-state index >= 15 is 0 Å². The van der Waals surface area contributed by atoms with E-state index in [0.29, 0.717) is 11.6 Å². The second-order valence-electron chi connectivity index (χ2n) is 3.66. The van der Waals surface area contributed by atoms with Gasteiger partial charge in [-0.25, -0.2) is 4.98 Å². The number of pyridine rings is 1. The summed E-state index contributed by atoms with van der Waals surface area (Å²) in [6.45, 7) is 0.439. The monoisotopic (exact) mass is 263 g/mol. The van der Waals surface area contributed by atoms with Crippen molar-refractivity contribution in [2.24, 2.45) is 5.73 Å². The van der Waals surface area contributed by atoms with E-state index in [9.17, 15) is 0 Å². The minimum atomic E-state index is 0.439. The number of nitrogens with two attached hydrogens (primary N) is 1. The van der Waals surface area contributed by atoms with E-state index in [0.717, 1.165) is 21.9 Å². The van der Waals surface area contributed by atoms with Crippen molar-refractivity contribution in [1.82, 2.24) is 9.38 Å². The molecule has 0 amide bonds. The molecule has 0 spiro atoms. The molecule has 3 heterocycles. The Kier molecular flexibility index (Phi) is 2.63. The lowest BCUT2D eigenvalue weighted by atomic mass is 10.3. The van der Waals surface area contributed by atoms with Gasteiger partial charge >= 0.3 is 0 Å². The van der Waals surface area contributed by atoms with Crippen LogP contribution in [0.2, 0.25) is 5.02 Å². The van der Waals surface area contributed by atoms with Crippen molar-refractivity contribution in [3.63, 3.8) is 0 Å². The van der Waals surface area contributed by atoms with Crippen LogP contribution < -0.4 is 5.73 Å². The minimum Gasteiger partial charge on any atom is -0.325 e. The van der Waals surface area contributed by atoms with Crippen LogP contribution in [-0.4, -0.2) is 9.38 Å². The largest absolute Gasteiger partial charge is 0.325 e. The molecule has 0 fully saturated rings. The zero-order valence-corrected chi connectivity index (χ0v) is 10.5. The lowest BCUT2D eigenvalue weighted by molar-refractivity contribution is 0.963. The first kappa shape index (κ1) is 10.8. The highest BCUT2D eigenvalue weighted by molar-refractivity contribution is 7.13. The van der Waals surface area contributed by atoms with E-state index in [1.807, 2.05) is 40.2 Å². The maximum atomic E-state index is 5.99. The Bertz CT molecular complexity index is 658. The van der Waals surface area contributed by atoms with Crippen molar-refractivity contribution in [3.8, 4) is 10.6 Å². The summed E-state index contributed by atoms with van der Waals surface area (Å²) in [5.74, 6) is 0. The summed E-state index contributed by atoms with van der Waals surface area (Å²) >= 11 is 7.66. The number of rotatable bonds is 2. The lowest BCUT2D eigenvalue weighted by Crippen LogP contribution is -2.02. The van der Waals surface area contributed by atoms with Crippen molar-refractivity contribution in [3.05, 3.63) is 46.6 Å². The summed E-state index contributed by atoms with van der Waals surface area (Å²) in [6, 6.07) is 7.80. The number of halogens is 1. The third-order valence-corrected chi connectivity index (χ3v) is 3.73. The third-order valence-electron chi connectivity index (χ3n) is 2.63. The van der Waals surface area contributed by atoms with Gasteiger partial charge in [0.15, 0.2) is 0 Å². The van der Waals surface area contributed by atoms with Crippen LogP contribution in [0.15, 0.2) is 35.8 Å². The van der Waals surface area contributed by atoms with Crippen molar-refractivity contribution in [2.75, 3.05) is 0 Å². The van der Waals surface area contributed by atoms with E-state index < -0.39 is 0 Å². The number of aromatic nitrogens is 2. The van der Waals surface area contributed by atoms with Crippen molar-refractivity contribution in [2.45, 2.75) is 6.54 Å². The van der Waals surface area contributed by atoms with Gasteiger partial charge in [-0.2, -0.15) is 0 Å². The maximum Gasteiger partial charge on any atom is 0.137 e. The fourth-order valence-electron chi connectivity index (χ4n) is 1.87. The van der Waals surface area contributed by atoms with Crippen LogP contribution in [0.5, 0.6) is 0 Å². The topological polar surface area (TPSA) is 43.3 Å². The van der Waals surface area contributed by atoms with Gasteiger partial charge in [0, 0.05) is 12.7 Å². The van der Waals surface area contributed by atoms with E-state index in [4.69, 9.17) is 17.3 Å². The van der Waals surface area contributed by atoms with Crippen LogP contribution in [0, 0.1) is 0 Å². The Hall–Kier alpha value is -1.36. The molecule has 0 radical (unpaired) electrons. The summed E-state index contributed by atoms with van der Waals surface area (Å²) in [7, 11) is 0. The molecule has 0 unspecified atom stereocenters. The zero-order valence-electron chi connectivity index (χ0n) is 8.93. The molecule has 86 valence electrons. The van der Waals surface area contributed by atoms with Gasteiger partial charge in [0.05, 0.1) is 15.6 Å². The number of imidazole rings is 1. The Morgan fingerprint density at radius 3 is 2.94 bits per heavy atom. The molecular formula is C12H10ClN3S. The van der Waals surface area contributed by atoms with E-state index in [1.165, 1.54) is 0 Å². The lowest BCUT2D eigenvalue weighted by Gasteiger charge is -2.00. The standard InChI is InChI=1S/C12H10ClN3S/c13-8-3-4-11-15-12(10-2-1-5-17-10)9(6-14)16(11)7-8/h1-5,7H,6,14H2. The quantitative estimate of drug-likeness (QED) is 0.772. The van der Waals surface area contributed by atoms with Gasteiger partial charge in [0.2, 0.25) is 0 Å². The van der Waals surface area contributed by atoms with Gasteiger partial charge in [0.25, 0.3) is 0 Å². The molecule has 2 N–H and O–H groups in total. The Balaban J connectivity index is 2.32. The average molecular weight is 264 g/mol. The van der Waals surface area contributed by atoms with Crippen LogP contribution in [-0.2, 0) is 6.54 Å². The van der Waals surface area contributed by atoms with E-state index in [2.05, 4.69) is 4.98 Å². The zero-order chi connectivity index (χ0) is 11.8. The highest BCUT2D eigenvalue weighted by atomic mass is 35.5. The summed E-state index contributed by atoms with van der Waals surface area (Å²) < 4.78 is 1.96. The first-order valence-electron chi connectivity index (χ1n) is 5.20. The number of nitrogens with zero attached hydrogens (tertiary/aromatic N) is 2. The molecule has 17 heavy (non-hydrogen) atoms. The van der Waals surface area contributed by atoms with Gasteiger partial charge in [-0.3, -0.25) is 0 Å². The normalized spacial score (nSPS) is 11.2. The molecule has 0 aliphatic rings. The fourth-order valence-corrected chi connectivity index (χ4v) is 2.77. The molecule has 3 aromatic rings. The van der Waals surface area contributed by atoms with Crippen molar-refractivity contribution < 1.29 is 0 Å². The summed E-state index contributed by atoms with van der Waals surface area (Å²) in [5, 5.41) is 2.72. The van der Waals surface area contributed by atoms with Crippen LogP contribution in [0.1, 0.15) is 5.69 Å². The van der Waals surface area contributed by atoms with Gasteiger partial charge in [0.1, 0.15) is 11.3 Å². The fraction of sp³-hybridized carbons (Fsp3) is 0.0833. The highest BCUT2D eigenvalue weighted by Crippen LogP contribution is 2.28. The molecule has 3 aromatic heterocycles. The van der Waals surface area contributed by atoms with Gasteiger partial charge in [-0.1, -0.05) is 17.7 Å². The Labute approximate surface area is 107 Å². The molecule has 3 rings (SSSR count).